The third-order valence-corrected chi connectivity index (χ3v) is 6.64. The molecule has 2 heterocycles. The molecule has 0 unspecified atom stereocenters. The van der Waals surface area contributed by atoms with Gasteiger partial charge in [0.1, 0.15) is 19.3 Å². The van der Waals surface area contributed by atoms with Crippen molar-refractivity contribution in [3.05, 3.63) is 59.7 Å². The van der Waals surface area contributed by atoms with E-state index in [9.17, 15) is 9.90 Å². The lowest BCUT2D eigenvalue weighted by Crippen LogP contribution is -2.47. The summed E-state index contributed by atoms with van der Waals surface area (Å²) in [5.41, 5.74) is 1.93. The molecule has 2 N–H and O–H groups in total. The highest BCUT2D eigenvalue weighted by molar-refractivity contribution is 7.99. The van der Waals surface area contributed by atoms with Gasteiger partial charge in [-0.2, -0.15) is 0 Å². The van der Waals surface area contributed by atoms with Gasteiger partial charge in [0.05, 0.1) is 11.8 Å². The molecule has 2 aliphatic rings. The fourth-order valence-corrected chi connectivity index (χ4v) is 4.83. The van der Waals surface area contributed by atoms with Crippen LogP contribution in [-0.4, -0.2) is 60.6 Å². The van der Waals surface area contributed by atoms with Gasteiger partial charge in [0.25, 0.3) is 0 Å². The molecule has 0 radical (unpaired) electrons. The molecule has 2 aliphatic heterocycles. The fraction of sp³-hybridized carbons (Fsp3) is 0.458. The molecule has 0 aromatic heterocycles. The molecule has 6 nitrogen and oxygen atoms in total. The van der Waals surface area contributed by atoms with Gasteiger partial charge in [-0.25, -0.2) is 0 Å². The van der Waals surface area contributed by atoms with Crippen molar-refractivity contribution in [2.45, 2.75) is 30.7 Å². The van der Waals surface area contributed by atoms with E-state index in [4.69, 9.17) is 9.47 Å². The Bertz CT molecular complexity index is 858. The molecule has 31 heavy (non-hydrogen) atoms. The molecule has 7 heteroatoms. The SMILES string of the molecule is O=C(CSCc1ccccc1)N[C@H](CN1CCCC1)[C@H](O)c1ccc2c(c1)OCCO2. The molecule has 4 rings (SSSR count). The molecule has 166 valence electrons. The number of amides is 1. The minimum Gasteiger partial charge on any atom is -0.486 e. The molecule has 0 bridgehead atoms. The van der Waals surface area contributed by atoms with Gasteiger partial charge < -0.3 is 24.8 Å². The summed E-state index contributed by atoms with van der Waals surface area (Å²) in [6, 6.07) is 15.3. The van der Waals surface area contributed by atoms with Crippen molar-refractivity contribution in [2.75, 3.05) is 38.6 Å². The van der Waals surface area contributed by atoms with E-state index in [1.54, 1.807) is 11.8 Å². The molecule has 1 amide bonds. The van der Waals surface area contributed by atoms with Crippen LogP contribution in [0, 0.1) is 0 Å². The van der Waals surface area contributed by atoms with E-state index in [0.29, 0.717) is 37.0 Å². The fourth-order valence-electron chi connectivity index (χ4n) is 4.03. The molecule has 1 saturated heterocycles. The molecule has 0 saturated carbocycles. The van der Waals surface area contributed by atoms with Crippen LogP contribution in [0.2, 0.25) is 0 Å². The summed E-state index contributed by atoms with van der Waals surface area (Å²) in [7, 11) is 0. The van der Waals surface area contributed by atoms with Crippen LogP contribution in [0.3, 0.4) is 0 Å². The van der Waals surface area contributed by atoms with E-state index in [2.05, 4.69) is 22.3 Å². The third-order valence-electron chi connectivity index (χ3n) is 5.63. The van der Waals surface area contributed by atoms with Crippen LogP contribution in [0.5, 0.6) is 11.5 Å². The predicted octanol–water partition coefficient (Wildman–Crippen LogP) is 3.01. The summed E-state index contributed by atoms with van der Waals surface area (Å²) in [6.45, 7) is 3.67. The van der Waals surface area contributed by atoms with Gasteiger partial charge in [0.2, 0.25) is 5.91 Å². The first-order valence-electron chi connectivity index (χ1n) is 10.9. The highest BCUT2D eigenvalue weighted by atomic mass is 32.2. The number of likely N-dealkylation sites (tertiary alicyclic amines) is 1. The normalized spacial score (nSPS) is 17.8. The first-order chi connectivity index (χ1) is 15.2. The van der Waals surface area contributed by atoms with Crippen molar-refractivity contribution < 1.29 is 19.4 Å². The Morgan fingerprint density at radius 1 is 1.06 bits per heavy atom. The molecule has 0 spiro atoms. The number of hydrogen-bond donors (Lipinski definition) is 2. The maximum absolute atomic E-state index is 12.7. The van der Waals surface area contributed by atoms with E-state index >= 15 is 0 Å². The Hall–Kier alpha value is -2.22. The topological polar surface area (TPSA) is 71.0 Å². The summed E-state index contributed by atoms with van der Waals surface area (Å²) in [5.74, 6) is 2.43. The average Bonchev–Trinajstić information content (AvgIpc) is 3.32. The Morgan fingerprint density at radius 2 is 1.81 bits per heavy atom. The number of fused-ring (bicyclic) bond motifs is 1. The molecule has 2 aromatic rings. The summed E-state index contributed by atoms with van der Waals surface area (Å²) in [4.78, 5) is 15.0. The molecule has 2 aromatic carbocycles. The summed E-state index contributed by atoms with van der Waals surface area (Å²) >= 11 is 1.58. The smallest absolute Gasteiger partial charge is 0.230 e. The Labute approximate surface area is 187 Å². The number of rotatable bonds is 9. The standard InChI is InChI=1S/C24H30N2O4S/c27-23(17-31-16-18-6-2-1-3-7-18)25-20(15-26-10-4-5-11-26)24(28)19-8-9-21-22(14-19)30-13-12-29-21/h1-3,6-9,14,20,24,28H,4-5,10-13,15-17H2,(H,25,27)/t20-,24-/m1/s1. The Morgan fingerprint density at radius 3 is 2.58 bits per heavy atom. The molecule has 1 fully saturated rings. The maximum Gasteiger partial charge on any atom is 0.230 e. The van der Waals surface area contributed by atoms with Crippen LogP contribution < -0.4 is 14.8 Å². The zero-order valence-electron chi connectivity index (χ0n) is 17.7. The number of ether oxygens (including phenoxy) is 2. The van der Waals surface area contributed by atoms with Gasteiger partial charge in [-0.1, -0.05) is 36.4 Å². The van der Waals surface area contributed by atoms with E-state index < -0.39 is 6.10 Å². The van der Waals surface area contributed by atoms with Crippen LogP contribution in [0.4, 0.5) is 0 Å². The van der Waals surface area contributed by atoms with Gasteiger partial charge in [0.15, 0.2) is 11.5 Å². The van der Waals surface area contributed by atoms with Crippen LogP contribution in [-0.2, 0) is 10.5 Å². The number of aliphatic hydroxyl groups is 1. The number of carbonyl (C=O) groups is 1. The van der Waals surface area contributed by atoms with E-state index in [1.165, 1.54) is 5.56 Å². The first-order valence-corrected chi connectivity index (χ1v) is 12.1. The van der Waals surface area contributed by atoms with E-state index in [0.717, 1.165) is 37.2 Å². The number of nitrogens with zero attached hydrogens (tertiary/aromatic N) is 1. The number of hydrogen-bond acceptors (Lipinski definition) is 6. The van der Waals surface area contributed by atoms with Crippen LogP contribution in [0.15, 0.2) is 48.5 Å². The zero-order chi connectivity index (χ0) is 21.5. The van der Waals surface area contributed by atoms with E-state index in [-0.39, 0.29) is 11.9 Å². The highest BCUT2D eigenvalue weighted by Gasteiger charge is 2.27. The summed E-state index contributed by atoms with van der Waals surface area (Å²) in [6.07, 6.45) is 1.50. The average molecular weight is 443 g/mol. The van der Waals surface area contributed by atoms with Crippen molar-refractivity contribution >= 4 is 17.7 Å². The minimum absolute atomic E-state index is 0.0540. The second-order valence-electron chi connectivity index (χ2n) is 8.01. The summed E-state index contributed by atoms with van der Waals surface area (Å²) in [5, 5.41) is 14.2. The zero-order valence-corrected chi connectivity index (χ0v) is 18.5. The monoisotopic (exact) mass is 442 g/mol. The van der Waals surface area contributed by atoms with Gasteiger partial charge in [0, 0.05) is 12.3 Å². The van der Waals surface area contributed by atoms with Crippen molar-refractivity contribution in [3.8, 4) is 11.5 Å². The Balaban J connectivity index is 1.39. The van der Waals surface area contributed by atoms with Gasteiger partial charge in [-0.15, -0.1) is 11.8 Å². The van der Waals surface area contributed by atoms with Crippen molar-refractivity contribution in [2.24, 2.45) is 0 Å². The maximum atomic E-state index is 12.7. The lowest BCUT2D eigenvalue weighted by atomic mass is 10.0. The number of carbonyl (C=O) groups excluding carboxylic acids is 1. The van der Waals surface area contributed by atoms with Gasteiger partial charge in [-0.05, 0) is 49.2 Å². The third kappa shape index (κ3) is 6.15. The number of nitrogens with one attached hydrogen (secondary N) is 1. The Kier molecular flexibility index (Phi) is 7.72. The first kappa shape index (κ1) is 22.0. The largest absolute Gasteiger partial charge is 0.486 e. The number of thioether (sulfide) groups is 1. The molecule has 0 aliphatic carbocycles. The quantitative estimate of drug-likeness (QED) is 0.622. The molecular formula is C24H30N2O4S. The molecule has 2 atom stereocenters. The second kappa shape index (κ2) is 10.9. The highest BCUT2D eigenvalue weighted by Crippen LogP contribution is 2.33. The second-order valence-corrected chi connectivity index (χ2v) is 8.99. The summed E-state index contributed by atoms with van der Waals surface area (Å²) < 4.78 is 11.3. The number of aliphatic hydroxyl groups excluding tert-OH is 1. The number of benzene rings is 2. The molecular weight excluding hydrogens is 412 g/mol. The van der Waals surface area contributed by atoms with Gasteiger partial charge in [-0.3, -0.25) is 4.79 Å². The van der Waals surface area contributed by atoms with E-state index in [1.807, 2.05) is 36.4 Å². The van der Waals surface area contributed by atoms with Crippen LogP contribution >= 0.6 is 11.8 Å². The van der Waals surface area contributed by atoms with Crippen molar-refractivity contribution in [3.63, 3.8) is 0 Å². The van der Waals surface area contributed by atoms with Crippen LogP contribution in [0.25, 0.3) is 0 Å². The predicted molar refractivity (Wildman–Crippen MR) is 123 cm³/mol. The van der Waals surface area contributed by atoms with Crippen molar-refractivity contribution in [1.29, 1.82) is 0 Å². The lowest BCUT2D eigenvalue weighted by Gasteiger charge is -2.29. The van der Waals surface area contributed by atoms with Crippen molar-refractivity contribution in [1.82, 2.24) is 10.2 Å². The lowest BCUT2D eigenvalue weighted by molar-refractivity contribution is -0.120. The van der Waals surface area contributed by atoms with Crippen LogP contribution in [0.1, 0.15) is 30.1 Å². The minimum atomic E-state index is -0.820. The van der Waals surface area contributed by atoms with Gasteiger partial charge >= 0.3 is 0 Å².